The first-order chi connectivity index (χ1) is 13.4. The van der Waals surface area contributed by atoms with Gasteiger partial charge < -0.3 is 15.7 Å². The summed E-state index contributed by atoms with van der Waals surface area (Å²) in [6, 6.07) is 6.32. The molecule has 148 valence electrons. The van der Waals surface area contributed by atoms with Crippen molar-refractivity contribution in [3.8, 4) is 6.07 Å². The third kappa shape index (κ3) is 4.96. The summed E-state index contributed by atoms with van der Waals surface area (Å²) in [4.78, 5) is 13.3. The maximum atomic E-state index is 10.1. The Hall–Kier alpha value is -2.72. The van der Waals surface area contributed by atoms with E-state index in [9.17, 15) is 10.4 Å². The zero-order chi connectivity index (χ0) is 20.1. The van der Waals surface area contributed by atoms with Crippen molar-refractivity contribution in [2.75, 3.05) is 10.6 Å². The number of rotatable bonds is 6. The van der Waals surface area contributed by atoms with Gasteiger partial charge in [-0.05, 0) is 50.2 Å². The van der Waals surface area contributed by atoms with Crippen LogP contribution in [0.1, 0.15) is 69.2 Å². The molecule has 3 N–H and O–H groups in total. The predicted octanol–water partition coefficient (Wildman–Crippen LogP) is 3.58. The number of hydrogen-bond acceptors (Lipinski definition) is 7. The number of nitrogens with zero attached hydrogens (tertiary/aromatic N) is 4. The highest BCUT2D eigenvalue weighted by Crippen LogP contribution is 2.30. The van der Waals surface area contributed by atoms with Gasteiger partial charge in [0.2, 0.25) is 5.95 Å². The van der Waals surface area contributed by atoms with Gasteiger partial charge in [-0.25, -0.2) is 4.98 Å². The highest BCUT2D eigenvalue weighted by molar-refractivity contribution is 5.54. The summed E-state index contributed by atoms with van der Waals surface area (Å²) in [5, 5.41) is 26.1. The Morgan fingerprint density at radius 1 is 1.32 bits per heavy atom. The minimum Gasteiger partial charge on any atom is -0.390 e. The van der Waals surface area contributed by atoms with Gasteiger partial charge in [-0.3, -0.25) is 4.98 Å². The number of nitrogens with one attached hydrogen (secondary N) is 2. The van der Waals surface area contributed by atoms with Gasteiger partial charge in [-0.15, -0.1) is 0 Å². The number of anilines is 2. The molecular formula is C21H28N6O. The first-order valence-electron chi connectivity index (χ1n) is 9.81. The topological polar surface area (TPSA) is 107 Å². The van der Waals surface area contributed by atoms with E-state index in [1.807, 2.05) is 19.1 Å². The van der Waals surface area contributed by atoms with Crippen molar-refractivity contribution in [3.63, 3.8) is 0 Å². The van der Waals surface area contributed by atoms with Gasteiger partial charge in [0.1, 0.15) is 17.5 Å². The second-order valence-electron chi connectivity index (χ2n) is 8.04. The van der Waals surface area contributed by atoms with Crippen LogP contribution in [0.15, 0.2) is 24.5 Å². The summed E-state index contributed by atoms with van der Waals surface area (Å²) in [7, 11) is 0. The van der Waals surface area contributed by atoms with E-state index >= 15 is 0 Å². The lowest BCUT2D eigenvalue weighted by molar-refractivity contribution is 0.0196. The zero-order valence-electron chi connectivity index (χ0n) is 16.7. The van der Waals surface area contributed by atoms with Crippen molar-refractivity contribution in [1.29, 1.82) is 5.26 Å². The van der Waals surface area contributed by atoms with Crippen molar-refractivity contribution in [2.45, 2.75) is 70.6 Å². The van der Waals surface area contributed by atoms with Crippen LogP contribution < -0.4 is 10.6 Å². The molecule has 2 aromatic rings. The molecule has 0 radical (unpaired) electrons. The van der Waals surface area contributed by atoms with Crippen LogP contribution in [0.3, 0.4) is 0 Å². The van der Waals surface area contributed by atoms with E-state index in [1.54, 1.807) is 12.4 Å². The molecule has 7 heteroatoms. The second kappa shape index (κ2) is 8.53. The van der Waals surface area contributed by atoms with Gasteiger partial charge in [0.15, 0.2) is 0 Å². The average Bonchev–Trinajstić information content (AvgIpc) is 2.68. The molecule has 2 heterocycles. The van der Waals surface area contributed by atoms with E-state index in [0.29, 0.717) is 29.8 Å². The first-order valence-corrected chi connectivity index (χ1v) is 9.81. The molecule has 1 fully saturated rings. The molecule has 0 atom stereocenters. The lowest BCUT2D eigenvalue weighted by Crippen LogP contribution is -2.36. The van der Waals surface area contributed by atoms with Gasteiger partial charge in [-0.1, -0.05) is 19.9 Å². The Kier molecular flexibility index (Phi) is 6.10. The Labute approximate surface area is 166 Å². The van der Waals surface area contributed by atoms with Crippen molar-refractivity contribution in [3.05, 3.63) is 41.3 Å². The van der Waals surface area contributed by atoms with Crippen LogP contribution >= 0.6 is 0 Å². The molecule has 28 heavy (non-hydrogen) atoms. The van der Waals surface area contributed by atoms with Crippen LogP contribution in [0.4, 0.5) is 11.8 Å². The van der Waals surface area contributed by atoms with E-state index in [2.05, 4.69) is 45.5 Å². The summed E-state index contributed by atoms with van der Waals surface area (Å²) in [6.07, 6.45) is 6.52. The predicted molar refractivity (Wildman–Crippen MR) is 109 cm³/mol. The van der Waals surface area contributed by atoms with Gasteiger partial charge in [0, 0.05) is 24.5 Å². The van der Waals surface area contributed by atoms with E-state index < -0.39 is 5.60 Å². The summed E-state index contributed by atoms with van der Waals surface area (Å²) in [5.74, 6) is 1.35. The van der Waals surface area contributed by atoms with Crippen molar-refractivity contribution < 1.29 is 5.11 Å². The lowest BCUT2D eigenvalue weighted by Gasteiger charge is -2.33. The molecule has 0 bridgehead atoms. The molecule has 7 nitrogen and oxygen atoms in total. The fourth-order valence-electron chi connectivity index (χ4n) is 3.53. The highest BCUT2D eigenvalue weighted by Gasteiger charge is 2.29. The van der Waals surface area contributed by atoms with Crippen molar-refractivity contribution in [2.24, 2.45) is 0 Å². The molecule has 2 aromatic heterocycles. The van der Waals surface area contributed by atoms with E-state index in [4.69, 9.17) is 0 Å². The number of nitriles is 1. The fraction of sp³-hybridized carbons (Fsp3) is 0.524. The summed E-state index contributed by atoms with van der Waals surface area (Å²) in [6.45, 7) is 6.68. The molecular weight excluding hydrogens is 352 g/mol. The number of pyridine rings is 1. The van der Waals surface area contributed by atoms with Crippen molar-refractivity contribution >= 4 is 11.8 Å². The van der Waals surface area contributed by atoms with Crippen LogP contribution in [-0.2, 0) is 6.54 Å². The Morgan fingerprint density at radius 3 is 2.75 bits per heavy atom. The molecule has 0 aromatic carbocycles. The minimum absolute atomic E-state index is 0.195. The molecule has 0 aliphatic heterocycles. The summed E-state index contributed by atoms with van der Waals surface area (Å²) >= 11 is 0. The monoisotopic (exact) mass is 380 g/mol. The summed E-state index contributed by atoms with van der Waals surface area (Å²) < 4.78 is 0. The third-order valence-corrected chi connectivity index (χ3v) is 5.22. The second-order valence-corrected chi connectivity index (χ2v) is 8.04. The summed E-state index contributed by atoms with van der Waals surface area (Å²) in [5.41, 5.74) is 1.99. The number of hydrogen-bond donors (Lipinski definition) is 3. The van der Waals surface area contributed by atoms with E-state index in [0.717, 1.165) is 36.9 Å². The first kappa shape index (κ1) is 20.0. The molecule has 0 amide bonds. The third-order valence-electron chi connectivity index (χ3n) is 5.22. The molecule has 0 saturated heterocycles. The van der Waals surface area contributed by atoms with Crippen LogP contribution in [0.5, 0.6) is 0 Å². The fourth-order valence-corrected chi connectivity index (χ4v) is 3.53. The van der Waals surface area contributed by atoms with Crippen LogP contribution in [0.25, 0.3) is 0 Å². The normalized spacial score (nSPS) is 21.9. The Bertz CT molecular complexity index is 848. The van der Waals surface area contributed by atoms with Gasteiger partial charge in [-0.2, -0.15) is 10.2 Å². The van der Waals surface area contributed by atoms with Gasteiger partial charge in [0.05, 0.1) is 11.8 Å². The Morgan fingerprint density at radius 2 is 2.07 bits per heavy atom. The van der Waals surface area contributed by atoms with Crippen LogP contribution in [-0.4, -0.2) is 31.7 Å². The number of aliphatic hydroxyl groups is 1. The molecule has 0 unspecified atom stereocenters. The van der Waals surface area contributed by atoms with Gasteiger partial charge in [0.25, 0.3) is 0 Å². The maximum Gasteiger partial charge on any atom is 0.224 e. The van der Waals surface area contributed by atoms with E-state index in [1.165, 1.54) is 0 Å². The average molecular weight is 380 g/mol. The maximum absolute atomic E-state index is 10.1. The smallest absolute Gasteiger partial charge is 0.224 e. The van der Waals surface area contributed by atoms with Crippen LogP contribution in [0, 0.1) is 11.3 Å². The quantitative estimate of drug-likeness (QED) is 0.703. The minimum atomic E-state index is -0.591. The van der Waals surface area contributed by atoms with E-state index in [-0.39, 0.29) is 6.04 Å². The SMILES string of the molecule is CC(C)c1ncccc1CNc1ncc(C#N)c(NC2CCC(C)(O)CC2)n1. The number of aromatic nitrogens is 3. The molecule has 1 aliphatic carbocycles. The van der Waals surface area contributed by atoms with Gasteiger partial charge >= 0.3 is 0 Å². The molecule has 0 spiro atoms. The Balaban J connectivity index is 1.70. The molecule has 1 aliphatic rings. The lowest BCUT2D eigenvalue weighted by atomic mass is 9.83. The highest BCUT2D eigenvalue weighted by atomic mass is 16.3. The molecule has 1 saturated carbocycles. The van der Waals surface area contributed by atoms with Crippen LogP contribution in [0.2, 0.25) is 0 Å². The van der Waals surface area contributed by atoms with Crippen molar-refractivity contribution in [1.82, 2.24) is 15.0 Å². The zero-order valence-corrected chi connectivity index (χ0v) is 16.7. The largest absolute Gasteiger partial charge is 0.390 e. The standard InChI is InChI=1S/C21H28N6O/c1-14(2)18-15(5-4-10-23-18)12-24-20-25-13-16(11-22)19(27-20)26-17-6-8-21(3,28)9-7-17/h4-5,10,13-14,17,28H,6-9,12H2,1-3H3,(H2,24,25,26,27). The molecule has 3 rings (SSSR count).